The summed E-state index contributed by atoms with van der Waals surface area (Å²) >= 11 is 0. The molecule has 1 atom stereocenters. The second-order valence-electron chi connectivity index (χ2n) is 8.99. The topological polar surface area (TPSA) is 107 Å². The number of anilines is 1. The Kier molecular flexibility index (Phi) is 4.80. The highest BCUT2D eigenvalue weighted by molar-refractivity contribution is 6.10. The molecule has 8 heteroatoms. The van der Waals surface area contributed by atoms with Crippen molar-refractivity contribution in [3.63, 3.8) is 0 Å². The summed E-state index contributed by atoms with van der Waals surface area (Å²) in [6, 6.07) is 12.3. The number of carbonyl (C=O) groups excluding carboxylic acids is 3. The summed E-state index contributed by atoms with van der Waals surface area (Å²) in [7, 11) is 0. The average Bonchev–Trinajstić information content (AvgIpc) is 3.26. The third kappa shape index (κ3) is 3.76. The summed E-state index contributed by atoms with van der Waals surface area (Å²) in [5, 5.41) is 13.2. The molecule has 1 saturated heterocycles. The van der Waals surface area contributed by atoms with Gasteiger partial charge >= 0.3 is 6.03 Å². The summed E-state index contributed by atoms with van der Waals surface area (Å²) < 4.78 is 0. The molecule has 8 nitrogen and oxygen atoms in total. The summed E-state index contributed by atoms with van der Waals surface area (Å²) in [5.41, 5.74) is 1.89. The Morgan fingerprint density at radius 3 is 2.52 bits per heavy atom. The maximum atomic E-state index is 13.1. The minimum Gasteiger partial charge on any atom is -0.324 e. The molecule has 4 amide bonds. The highest BCUT2D eigenvalue weighted by Crippen LogP contribution is 2.31. The van der Waals surface area contributed by atoms with E-state index in [1.807, 2.05) is 30.3 Å². The smallest absolute Gasteiger partial charge is 0.324 e. The zero-order valence-electron chi connectivity index (χ0n) is 17.9. The van der Waals surface area contributed by atoms with Gasteiger partial charge in [0.15, 0.2) is 0 Å². The number of hydrogen-bond acceptors (Lipinski definition) is 4. The number of imide groups is 1. The third-order valence-electron chi connectivity index (χ3n) is 5.63. The number of benzene rings is 2. The summed E-state index contributed by atoms with van der Waals surface area (Å²) in [4.78, 5) is 39.1. The Bertz CT molecular complexity index is 1180. The van der Waals surface area contributed by atoms with Crippen LogP contribution in [0.25, 0.3) is 10.9 Å². The lowest BCUT2D eigenvalue weighted by Crippen LogP contribution is -2.42. The Morgan fingerprint density at radius 2 is 1.84 bits per heavy atom. The van der Waals surface area contributed by atoms with Crippen LogP contribution in [0.5, 0.6) is 0 Å². The minimum absolute atomic E-state index is 0.0221. The number of rotatable bonds is 4. The van der Waals surface area contributed by atoms with Gasteiger partial charge in [0.25, 0.3) is 5.91 Å². The van der Waals surface area contributed by atoms with Crippen molar-refractivity contribution in [1.82, 2.24) is 20.4 Å². The number of hydrogen-bond donors (Lipinski definition) is 3. The van der Waals surface area contributed by atoms with E-state index in [0.29, 0.717) is 11.3 Å². The average molecular weight is 419 g/mol. The lowest BCUT2D eigenvalue weighted by Gasteiger charge is -2.24. The van der Waals surface area contributed by atoms with Gasteiger partial charge in [0, 0.05) is 11.1 Å². The van der Waals surface area contributed by atoms with Crippen molar-refractivity contribution in [2.75, 3.05) is 11.9 Å². The van der Waals surface area contributed by atoms with Gasteiger partial charge in [0.05, 0.1) is 11.7 Å². The number of aromatic amines is 1. The van der Waals surface area contributed by atoms with Gasteiger partial charge in [0.2, 0.25) is 5.91 Å². The van der Waals surface area contributed by atoms with Gasteiger partial charge < -0.3 is 10.6 Å². The summed E-state index contributed by atoms with van der Waals surface area (Å²) in [5.74, 6) is -0.921. The fourth-order valence-corrected chi connectivity index (χ4v) is 3.70. The van der Waals surface area contributed by atoms with Gasteiger partial charge in [-0.25, -0.2) is 4.79 Å². The van der Waals surface area contributed by atoms with Crippen LogP contribution < -0.4 is 10.6 Å². The molecule has 1 aliphatic heterocycles. The first-order valence-electron chi connectivity index (χ1n) is 10.1. The number of nitrogens with zero attached hydrogens (tertiary/aromatic N) is 2. The van der Waals surface area contributed by atoms with Gasteiger partial charge in [0.1, 0.15) is 12.1 Å². The SMILES string of the molecule is CC(C)(C)c1ccc(C2(C)NC(=O)N(CC(=O)Nc3ccc4cn[nH]c4c3)C2=O)cc1. The standard InChI is InChI=1S/C23H25N5O3/c1-22(2,3)15-6-8-16(9-7-15)23(4)20(30)28(21(31)26-23)13-19(29)25-17-10-5-14-12-24-27-18(14)11-17/h5-12H,13H2,1-4H3,(H,24,27)(H,25,29)(H,26,31). The molecular weight excluding hydrogens is 394 g/mol. The van der Waals surface area contributed by atoms with Crippen molar-refractivity contribution in [2.45, 2.75) is 38.6 Å². The predicted octanol–water partition coefficient (Wildman–Crippen LogP) is 3.27. The fourth-order valence-electron chi connectivity index (χ4n) is 3.70. The first kappa shape index (κ1) is 20.6. The van der Waals surface area contributed by atoms with Crippen molar-refractivity contribution in [3.8, 4) is 0 Å². The van der Waals surface area contributed by atoms with Crippen molar-refractivity contribution < 1.29 is 14.4 Å². The molecule has 2 heterocycles. The maximum Gasteiger partial charge on any atom is 0.325 e. The molecule has 3 aromatic rings. The Labute approximate surface area is 180 Å². The molecule has 0 aliphatic carbocycles. The molecule has 0 spiro atoms. The summed E-state index contributed by atoms with van der Waals surface area (Å²) in [6.07, 6.45) is 1.68. The van der Waals surface area contributed by atoms with E-state index in [-0.39, 0.29) is 12.0 Å². The van der Waals surface area contributed by atoms with Gasteiger partial charge in [-0.05, 0) is 41.7 Å². The molecule has 0 saturated carbocycles. The van der Waals surface area contributed by atoms with Gasteiger partial charge in [-0.3, -0.25) is 19.6 Å². The number of aromatic nitrogens is 2. The van der Waals surface area contributed by atoms with E-state index in [2.05, 4.69) is 41.6 Å². The number of urea groups is 1. The van der Waals surface area contributed by atoms with Gasteiger partial charge in [-0.15, -0.1) is 0 Å². The molecule has 1 aromatic heterocycles. The van der Waals surface area contributed by atoms with Crippen molar-refractivity contribution in [2.24, 2.45) is 0 Å². The van der Waals surface area contributed by atoms with E-state index < -0.39 is 23.4 Å². The highest BCUT2D eigenvalue weighted by atomic mass is 16.2. The van der Waals surface area contributed by atoms with Crippen molar-refractivity contribution >= 4 is 34.4 Å². The lowest BCUT2D eigenvalue weighted by atomic mass is 9.84. The molecule has 1 aliphatic rings. The number of H-pyrrole nitrogens is 1. The van der Waals surface area contributed by atoms with Crippen molar-refractivity contribution in [1.29, 1.82) is 0 Å². The van der Waals surface area contributed by atoms with E-state index >= 15 is 0 Å². The van der Waals surface area contributed by atoms with Crippen LogP contribution in [0.2, 0.25) is 0 Å². The zero-order chi connectivity index (χ0) is 22.4. The van der Waals surface area contributed by atoms with Crippen molar-refractivity contribution in [3.05, 3.63) is 59.8 Å². The third-order valence-corrected chi connectivity index (χ3v) is 5.63. The summed E-state index contributed by atoms with van der Waals surface area (Å²) in [6.45, 7) is 7.61. The minimum atomic E-state index is -1.22. The largest absolute Gasteiger partial charge is 0.325 e. The maximum absolute atomic E-state index is 13.1. The monoisotopic (exact) mass is 419 g/mol. The molecule has 1 fully saturated rings. The van der Waals surface area contributed by atoms with E-state index in [0.717, 1.165) is 21.4 Å². The molecule has 3 N–H and O–H groups in total. The van der Waals surface area contributed by atoms with E-state index in [1.165, 1.54) is 0 Å². The molecule has 0 radical (unpaired) electrons. The van der Waals surface area contributed by atoms with Crippen LogP contribution in [-0.2, 0) is 20.5 Å². The van der Waals surface area contributed by atoms with E-state index in [4.69, 9.17) is 0 Å². The normalized spacial score (nSPS) is 19.0. The van der Waals surface area contributed by atoms with Gasteiger partial charge in [-0.2, -0.15) is 5.10 Å². The molecule has 1 unspecified atom stereocenters. The van der Waals surface area contributed by atoms with Crippen LogP contribution in [-0.4, -0.2) is 39.5 Å². The van der Waals surface area contributed by atoms with E-state index in [9.17, 15) is 14.4 Å². The zero-order valence-corrected chi connectivity index (χ0v) is 17.9. The molecule has 31 heavy (non-hydrogen) atoms. The number of amides is 4. The van der Waals surface area contributed by atoms with Crippen LogP contribution in [0.15, 0.2) is 48.7 Å². The highest BCUT2D eigenvalue weighted by Gasteiger charge is 2.49. The first-order chi connectivity index (χ1) is 14.6. The van der Waals surface area contributed by atoms with Gasteiger partial charge in [-0.1, -0.05) is 45.0 Å². The molecular formula is C23H25N5O3. The first-order valence-corrected chi connectivity index (χ1v) is 10.1. The van der Waals surface area contributed by atoms with Crippen LogP contribution in [0.1, 0.15) is 38.8 Å². The second-order valence-corrected chi connectivity index (χ2v) is 8.99. The molecule has 160 valence electrons. The van der Waals surface area contributed by atoms with E-state index in [1.54, 1.807) is 25.3 Å². The van der Waals surface area contributed by atoms with Crippen LogP contribution in [0.3, 0.4) is 0 Å². The van der Waals surface area contributed by atoms with Crippen LogP contribution >= 0.6 is 0 Å². The Balaban J connectivity index is 1.48. The predicted molar refractivity (Wildman–Crippen MR) is 117 cm³/mol. The Hall–Kier alpha value is -3.68. The second kappa shape index (κ2) is 7.23. The number of fused-ring (bicyclic) bond motifs is 1. The quantitative estimate of drug-likeness (QED) is 0.564. The molecule has 4 rings (SSSR count). The number of nitrogens with one attached hydrogen (secondary N) is 3. The molecule has 2 aromatic carbocycles. The lowest BCUT2D eigenvalue weighted by molar-refractivity contribution is -0.133. The van der Waals surface area contributed by atoms with Crippen LogP contribution in [0, 0.1) is 0 Å². The molecule has 0 bridgehead atoms. The number of carbonyl (C=O) groups is 3. The Morgan fingerprint density at radius 1 is 1.13 bits per heavy atom. The fraction of sp³-hybridized carbons (Fsp3) is 0.304. The van der Waals surface area contributed by atoms with Crippen LogP contribution in [0.4, 0.5) is 10.5 Å².